The van der Waals surface area contributed by atoms with Gasteiger partial charge in [-0.3, -0.25) is 20.0 Å². The number of aryl methyl sites for hydroxylation is 1. The molecule has 0 spiro atoms. The van der Waals surface area contributed by atoms with Gasteiger partial charge < -0.3 is 4.74 Å². The molecule has 8 heteroatoms. The first-order valence-electron chi connectivity index (χ1n) is 8.60. The SMILES string of the molecule is C=CCN1C(=O)c2c(sc(C)c2C)N2C(=Nc3ccc(OC)cc3)NNC12. The molecular weight excluding hydrogens is 362 g/mol. The summed E-state index contributed by atoms with van der Waals surface area (Å²) >= 11 is 1.61. The third-order valence-corrected chi connectivity index (χ3v) is 5.98. The van der Waals surface area contributed by atoms with Crippen molar-refractivity contribution in [3.8, 4) is 5.75 Å². The molecule has 27 heavy (non-hydrogen) atoms. The Kier molecular flexibility index (Phi) is 4.37. The van der Waals surface area contributed by atoms with Crippen molar-refractivity contribution in [3.05, 3.63) is 52.9 Å². The second-order valence-corrected chi connectivity index (χ2v) is 7.56. The molecular formula is C19H21N5O2S. The molecule has 1 aromatic carbocycles. The molecule has 0 aliphatic carbocycles. The van der Waals surface area contributed by atoms with Gasteiger partial charge in [-0.15, -0.1) is 17.9 Å². The Morgan fingerprint density at radius 2 is 2.07 bits per heavy atom. The van der Waals surface area contributed by atoms with Gasteiger partial charge in [-0.25, -0.2) is 4.99 Å². The van der Waals surface area contributed by atoms with E-state index in [1.165, 1.54) is 0 Å². The summed E-state index contributed by atoms with van der Waals surface area (Å²) < 4.78 is 5.20. The molecule has 1 saturated heterocycles. The van der Waals surface area contributed by atoms with Gasteiger partial charge in [0.15, 0.2) is 6.29 Å². The Bertz CT molecular complexity index is 934. The molecule has 1 aromatic heterocycles. The molecule has 3 heterocycles. The maximum atomic E-state index is 13.1. The number of nitrogens with one attached hydrogen (secondary N) is 2. The highest BCUT2D eigenvalue weighted by atomic mass is 32.1. The molecule has 140 valence electrons. The quantitative estimate of drug-likeness (QED) is 0.795. The number of hydrogen-bond acceptors (Lipinski definition) is 5. The predicted octanol–water partition coefficient (Wildman–Crippen LogP) is 2.90. The first-order valence-corrected chi connectivity index (χ1v) is 9.42. The molecule has 2 N–H and O–H groups in total. The van der Waals surface area contributed by atoms with Gasteiger partial charge >= 0.3 is 0 Å². The zero-order chi connectivity index (χ0) is 19.1. The summed E-state index contributed by atoms with van der Waals surface area (Å²) in [6.07, 6.45) is 1.38. The molecule has 2 aromatic rings. The Labute approximate surface area is 161 Å². The molecule has 1 atom stereocenters. The van der Waals surface area contributed by atoms with Crippen molar-refractivity contribution < 1.29 is 9.53 Å². The van der Waals surface area contributed by atoms with E-state index in [-0.39, 0.29) is 12.2 Å². The van der Waals surface area contributed by atoms with Crippen molar-refractivity contribution in [2.45, 2.75) is 20.1 Å². The average molecular weight is 383 g/mol. The Balaban J connectivity index is 1.79. The summed E-state index contributed by atoms with van der Waals surface area (Å²) in [5.74, 6) is 1.43. The van der Waals surface area contributed by atoms with Crippen LogP contribution in [0.1, 0.15) is 20.8 Å². The number of benzene rings is 1. The Morgan fingerprint density at radius 3 is 2.74 bits per heavy atom. The van der Waals surface area contributed by atoms with Crippen LogP contribution in [0, 0.1) is 13.8 Å². The minimum atomic E-state index is -0.350. The fourth-order valence-electron chi connectivity index (χ4n) is 3.26. The zero-order valence-electron chi connectivity index (χ0n) is 15.4. The van der Waals surface area contributed by atoms with Crippen molar-refractivity contribution in [1.29, 1.82) is 0 Å². The molecule has 1 amide bonds. The van der Waals surface area contributed by atoms with Crippen molar-refractivity contribution in [1.82, 2.24) is 15.8 Å². The number of amides is 1. The van der Waals surface area contributed by atoms with Crippen LogP contribution < -0.4 is 20.5 Å². The van der Waals surface area contributed by atoms with E-state index in [1.807, 2.05) is 43.0 Å². The summed E-state index contributed by atoms with van der Waals surface area (Å²) in [4.78, 5) is 22.7. The lowest BCUT2D eigenvalue weighted by Gasteiger charge is -2.37. The van der Waals surface area contributed by atoms with Crippen LogP contribution in [-0.4, -0.2) is 36.7 Å². The van der Waals surface area contributed by atoms with Crippen LogP contribution in [0.25, 0.3) is 0 Å². The van der Waals surface area contributed by atoms with E-state index < -0.39 is 0 Å². The molecule has 2 aliphatic heterocycles. The largest absolute Gasteiger partial charge is 0.497 e. The number of thiophene rings is 1. The summed E-state index contributed by atoms with van der Waals surface area (Å²) in [7, 11) is 1.63. The molecule has 1 fully saturated rings. The second-order valence-electron chi connectivity index (χ2n) is 6.36. The smallest absolute Gasteiger partial charge is 0.260 e. The van der Waals surface area contributed by atoms with Crippen molar-refractivity contribution in [3.63, 3.8) is 0 Å². The highest BCUT2D eigenvalue weighted by molar-refractivity contribution is 7.17. The predicted molar refractivity (Wildman–Crippen MR) is 108 cm³/mol. The van der Waals surface area contributed by atoms with Gasteiger partial charge in [0.25, 0.3) is 5.91 Å². The van der Waals surface area contributed by atoms with Gasteiger partial charge in [-0.05, 0) is 43.7 Å². The summed E-state index contributed by atoms with van der Waals surface area (Å²) in [6, 6.07) is 7.52. The van der Waals surface area contributed by atoms with Gasteiger partial charge in [-0.2, -0.15) is 5.43 Å². The van der Waals surface area contributed by atoms with E-state index in [0.29, 0.717) is 12.5 Å². The third-order valence-electron chi connectivity index (χ3n) is 4.77. The highest BCUT2D eigenvalue weighted by Gasteiger charge is 2.45. The molecule has 0 radical (unpaired) electrons. The summed E-state index contributed by atoms with van der Waals surface area (Å²) in [5, 5.41) is 0.907. The second kappa shape index (κ2) is 6.71. The fourth-order valence-corrected chi connectivity index (χ4v) is 4.43. The highest BCUT2D eigenvalue weighted by Crippen LogP contribution is 2.41. The lowest BCUT2D eigenvalue weighted by atomic mass is 10.1. The van der Waals surface area contributed by atoms with Gasteiger partial charge in [0.1, 0.15) is 10.8 Å². The topological polar surface area (TPSA) is 69.2 Å². The maximum absolute atomic E-state index is 13.1. The lowest BCUT2D eigenvalue weighted by molar-refractivity contribution is 0.0668. The van der Waals surface area contributed by atoms with Gasteiger partial charge in [0.2, 0.25) is 5.96 Å². The van der Waals surface area contributed by atoms with Gasteiger partial charge in [-0.1, -0.05) is 6.08 Å². The molecule has 0 saturated carbocycles. The number of anilines is 1. The Hall–Kier alpha value is -2.84. The minimum absolute atomic E-state index is 0.00741. The van der Waals surface area contributed by atoms with E-state index in [2.05, 4.69) is 17.4 Å². The lowest BCUT2D eigenvalue weighted by Crippen LogP contribution is -2.57. The number of rotatable bonds is 4. The third kappa shape index (κ3) is 2.77. The first-order chi connectivity index (χ1) is 13.0. The zero-order valence-corrected chi connectivity index (χ0v) is 16.3. The van der Waals surface area contributed by atoms with Crippen LogP contribution in [0.4, 0.5) is 10.7 Å². The van der Waals surface area contributed by atoms with Crippen molar-refractivity contribution in [2.24, 2.45) is 4.99 Å². The standard InChI is InChI=1S/C19H21N5O2S/c1-5-10-23-16(25)15-11(2)12(3)27-17(15)24-18(21-22-19(23)24)20-13-6-8-14(26-4)9-7-13/h5-9,19,22H,1,10H2,2-4H3,(H,20,21). The van der Waals surface area contributed by atoms with Gasteiger partial charge in [0.05, 0.1) is 18.4 Å². The van der Waals surface area contributed by atoms with Crippen LogP contribution in [0.5, 0.6) is 5.75 Å². The van der Waals surface area contributed by atoms with E-state index >= 15 is 0 Å². The number of carbonyl (C=O) groups excluding carboxylic acids is 1. The molecule has 1 unspecified atom stereocenters. The number of carbonyl (C=O) groups is 1. The van der Waals surface area contributed by atoms with E-state index in [0.717, 1.165) is 32.4 Å². The number of guanidine groups is 1. The minimum Gasteiger partial charge on any atom is -0.497 e. The fraction of sp³-hybridized carbons (Fsp3) is 0.263. The summed E-state index contributed by atoms with van der Waals surface area (Å²) in [6.45, 7) is 8.26. The Morgan fingerprint density at radius 1 is 1.33 bits per heavy atom. The molecule has 2 aliphatic rings. The normalized spacial score (nSPS) is 19.7. The number of aliphatic imine (C=N–C) groups is 1. The van der Waals surface area contributed by atoms with E-state index in [4.69, 9.17) is 9.73 Å². The van der Waals surface area contributed by atoms with Crippen molar-refractivity contribution in [2.75, 3.05) is 18.6 Å². The number of hydrogen-bond donors (Lipinski definition) is 2. The maximum Gasteiger partial charge on any atom is 0.260 e. The van der Waals surface area contributed by atoms with E-state index in [1.54, 1.807) is 29.4 Å². The monoisotopic (exact) mass is 383 g/mol. The van der Waals surface area contributed by atoms with Crippen molar-refractivity contribution >= 4 is 33.9 Å². The number of ether oxygens (including phenoxy) is 1. The van der Waals surface area contributed by atoms with Crippen LogP contribution in [0.2, 0.25) is 0 Å². The van der Waals surface area contributed by atoms with Crippen LogP contribution >= 0.6 is 11.3 Å². The van der Waals surface area contributed by atoms with Crippen LogP contribution in [0.15, 0.2) is 41.9 Å². The average Bonchev–Trinajstić information content (AvgIpc) is 3.21. The van der Waals surface area contributed by atoms with E-state index in [9.17, 15) is 4.79 Å². The first kappa shape index (κ1) is 17.6. The molecule has 4 rings (SSSR count). The number of hydrazine groups is 1. The number of nitrogens with zero attached hydrogens (tertiary/aromatic N) is 3. The molecule has 0 bridgehead atoms. The number of fused-ring (bicyclic) bond motifs is 3. The summed E-state index contributed by atoms with van der Waals surface area (Å²) in [5.41, 5.74) is 8.85. The number of methoxy groups -OCH3 is 1. The van der Waals surface area contributed by atoms with Crippen LogP contribution in [-0.2, 0) is 0 Å². The van der Waals surface area contributed by atoms with Crippen LogP contribution in [0.3, 0.4) is 0 Å². The molecule has 7 nitrogen and oxygen atoms in total. The van der Waals surface area contributed by atoms with Gasteiger partial charge in [0, 0.05) is 11.4 Å².